The Morgan fingerprint density at radius 2 is 1.74 bits per heavy atom. The summed E-state index contributed by atoms with van der Waals surface area (Å²) in [6, 6.07) is 5.75. The van der Waals surface area contributed by atoms with Gasteiger partial charge in [-0.25, -0.2) is 0 Å². The molecule has 1 aromatic carbocycles. The number of hydrogen-bond acceptors (Lipinski definition) is 7. The lowest BCUT2D eigenvalue weighted by atomic mass is 10.0. The summed E-state index contributed by atoms with van der Waals surface area (Å²) in [4.78, 5) is 11.4. The lowest BCUT2D eigenvalue weighted by molar-refractivity contribution is 0.206. The average Bonchev–Trinajstić information content (AvgIpc) is 2.26. The number of anilines is 3. The molecule has 0 saturated heterocycles. The van der Waals surface area contributed by atoms with Crippen LogP contribution in [-0.2, 0) is 0 Å². The predicted molar refractivity (Wildman–Crippen MR) is 73.2 cm³/mol. The second kappa shape index (κ2) is 5.07. The molecule has 0 aliphatic heterocycles. The van der Waals surface area contributed by atoms with Crippen LogP contribution in [0.1, 0.15) is 22.9 Å². The van der Waals surface area contributed by atoms with E-state index in [9.17, 15) is 5.11 Å². The first kappa shape index (κ1) is 13.0. The fraction of sp³-hybridized carbons (Fsp3) is 0.250. The van der Waals surface area contributed by atoms with Gasteiger partial charge >= 0.3 is 0 Å². The van der Waals surface area contributed by atoms with Gasteiger partial charge in [0, 0.05) is 5.56 Å². The molecule has 1 heterocycles. The summed E-state index contributed by atoms with van der Waals surface area (Å²) in [5, 5.41) is 12.9. The second-order valence-corrected chi connectivity index (χ2v) is 4.28. The molecule has 0 spiro atoms. The van der Waals surface area contributed by atoms with Crippen LogP contribution in [0.5, 0.6) is 0 Å². The molecule has 2 rings (SSSR count). The first-order valence-electron chi connectivity index (χ1n) is 5.74. The maximum absolute atomic E-state index is 10.1. The van der Waals surface area contributed by atoms with Crippen molar-refractivity contribution in [2.45, 2.75) is 20.1 Å². The molecule has 0 aliphatic rings. The topological polar surface area (TPSA) is 123 Å². The van der Waals surface area contributed by atoms with Crippen molar-refractivity contribution >= 4 is 17.8 Å². The fourth-order valence-electron chi connectivity index (χ4n) is 1.81. The number of aromatic nitrogens is 3. The number of nitrogens with two attached hydrogens (primary N) is 2. The Balaban J connectivity index is 2.22. The van der Waals surface area contributed by atoms with Crippen molar-refractivity contribution in [3.8, 4) is 0 Å². The molecule has 2 aromatic rings. The van der Waals surface area contributed by atoms with Crippen LogP contribution in [0.3, 0.4) is 0 Å². The molecule has 7 nitrogen and oxygen atoms in total. The van der Waals surface area contributed by atoms with Crippen LogP contribution >= 0.6 is 0 Å². The molecule has 0 bridgehead atoms. The summed E-state index contributed by atoms with van der Waals surface area (Å²) >= 11 is 0. The highest BCUT2D eigenvalue weighted by molar-refractivity contribution is 5.40. The lowest BCUT2D eigenvalue weighted by Crippen LogP contribution is -2.15. The quantitative estimate of drug-likeness (QED) is 0.600. The van der Waals surface area contributed by atoms with Gasteiger partial charge in [0.05, 0.1) is 0 Å². The van der Waals surface area contributed by atoms with Gasteiger partial charge in [-0.15, -0.1) is 0 Å². The molecule has 0 aliphatic carbocycles. The van der Waals surface area contributed by atoms with E-state index in [0.29, 0.717) is 0 Å². The molecule has 0 fully saturated rings. The number of aryl methyl sites for hydroxylation is 2. The Morgan fingerprint density at radius 1 is 1.11 bits per heavy atom. The highest BCUT2D eigenvalue weighted by Crippen LogP contribution is 2.20. The number of nitrogen functional groups attached to an aromatic ring is 2. The van der Waals surface area contributed by atoms with Crippen molar-refractivity contribution < 1.29 is 5.11 Å². The maximum atomic E-state index is 10.1. The number of aliphatic hydroxyl groups excluding tert-OH is 1. The summed E-state index contributed by atoms with van der Waals surface area (Å²) < 4.78 is 0. The maximum Gasteiger partial charge on any atom is 0.231 e. The number of benzene rings is 1. The van der Waals surface area contributed by atoms with Crippen LogP contribution in [0.4, 0.5) is 17.8 Å². The van der Waals surface area contributed by atoms with Crippen LogP contribution in [0.15, 0.2) is 18.2 Å². The average molecular weight is 260 g/mol. The number of hydrogen-bond donors (Lipinski definition) is 4. The number of aliphatic hydroxyl groups is 1. The van der Waals surface area contributed by atoms with Gasteiger partial charge in [-0.1, -0.05) is 23.8 Å². The zero-order valence-corrected chi connectivity index (χ0v) is 10.8. The van der Waals surface area contributed by atoms with E-state index >= 15 is 0 Å². The Kier molecular flexibility index (Phi) is 3.48. The van der Waals surface area contributed by atoms with Crippen molar-refractivity contribution in [2.24, 2.45) is 0 Å². The normalized spacial score (nSPS) is 12.2. The van der Waals surface area contributed by atoms with Gasteiger partial charge in [-0.3, -0.25) is 0 Å². The summed E-state index contributed by atoms with van der Waals surface area (Å²) in [7, 11) is 0. The minimum absolute atomic E-state index is 0.00262. The van der Waals surface area contributed by atoms with Gasteiger partial charge in [0.15, 0.2) is 6.23 Å². The van der Waals surface area contributed by atoms with Crippen molar-refractivity contribution in [3.63, 3.8) is 0 Å². The highest BCUT2D eigenvalue weighted by atomic mass is 16.3. The van der Waals surface area contributed by atoms with E-state index in [1.807, 2.05) is 32.0 Å². The molecule has 19 heavy (non-hydrogen) atoms. The number of nitrogens with zero attached hydrogens (tertiary/aromatic N) is 3. The lowest BCUT2D eigenvalue weighted by Gasteiger charge is -2.16. The van der Waals surface area contributed by atoms with E-state index in [2.05, 4.69) is 20.3 Å². The van der Waals surface area contributed by atoms with Crippen LogP contribution < -0.4 is 16.8 Å². The molecule has 0 saturated carbocycles. The van der Waals surface area contributed by atoms with Crippen molar-refractivity contribution in [3.05, 3.63) is 34.9 Å². The third-order valence-electron chi connectivity index (χ3n) is 2.66. The van der Waals surface area contributed by atoms with E-state index in [-0.39, 0.29) is 17.8 Å². The van der Waals surface area contributed by atoms with Gasteiger partial charge in [0.2, 0.25) is 17.8 Å². The van der Waals surface area contributed by atoms with Gasteiger partial charge < -0.3 is 21.9 Å². The van der Waals surface area contributed by atoms with Crippen LogP contribution in [0, 0.1) is 13.8 Å². The van der Waals surface area contributed by atoms with Crippen molar-refractivity contribution in [1.29, 1.82) is 0 Å². The van der Waals surface area contributed by atoms with E-state index in [4.69, 9.17) is 11.5 Å². The van der Waals surface area contributed by atoms with E-state index in [1.54, 1.807) is 0 Å². The molecule has 100 valence electrons. The van der Waals surface area contributed by atoms with Crippen LogP contribution in [-0.4, -0.2) is 20.1 Å². The summed E-state index contributed by atoms with van der Waals surface area (Å²) in [6.45, 7) is 3.91. The summed E-state index contributed by atoms with van der Waals surface area (Å²) in [6.07, 6.45) is -0.943. The third-order valence-corrected chi connectivity index (χ3v) is 2.66. The zero-order valence-electron chi connectivity index (χ0n) is 10.8. The smallest absolute Gasteiger partial charge is 0.231 e. The molecular formula is C12H16N6O. The van der Waals surface area contributed by atoms with Crippen molar-refractivity contribution in [1.82, 2.24) is 15.0 Å². The standard InChI is InChI=1S/C12H16N6O/c1-6-3-4-8(7(2)5-6)9(19)15-12-17-10(13)16-11(14)18-12/h3-5,9,19H,1-2H3,(H5,13,14,15,16,17,18). The molecule has 6 N–H and O–H groups in total. The summed E-state index contributed by atoms with van der Waals surface area (Å²) in [5.74, 6) is 0.142. The summed E-state index contributed by atoms with van der Waals surface area (Å²) in [5.41, 5.74) is 13.8. The Morgan fingerprint density at radius 3 is 2.32 bits per heavy atom. The second-order valence-electron chi connectivity index (χ2n) is 4.28. The van der Waals surface area contributed by atoms with Gasteiger partial charge in [0.1, 0.15) is 0 Å². The van der Waals surface area contributed by atoms with Crippen molar-refractivity contribution in [2.75, 3.05) is 16.8 Å². The highest BCUT2D eigenvalue weighted by Gasteiger charge is 2.12. The van der Waals surface area contributed by atoms with E-state index in [1.165, 1.54) is 0 Å². The van der Waals surface area contributed by atoms with E-state index < -0.39 is 6.23 Å². The third kappa shape index (κ3) is 3.08. The number of nitrogens with one attached hydrogen (secondary N) is 1. The molecule has 7 heteroatoms. The van der Waals surface area contributed by atoms with E-state index in [0.717, 1.165) is 16.7 Å². The van der Waals surface area contributed by atoms with Crippen LogP contribution in [0.25, 0.3) is 0 Å². The Labute approximate surface area is 110 Å². The zero-order chi connectivity index (χ0) is 14.0. The first-order valence-corrected chi connectivity index (χ1v) is 5.74. The minimum atomic E-state index is -0.943. The monoisotopic (exact) mass is 260 g/mol. The minimum Gasteiger partial charge on any atom is -0.369 e. The molecule has 0 amide bonds. The molecule has 1 unspecified atom stereocenters. The van der Waals surface area contributed by atoms with Gasteiger partial charge in [-0.05, 0) is 19.4 Å². The SMILES string of the molecule is Cc1ccc(C(O)Nc2nc(N)nc(N)n2)c(C)c1. The molecular weight excluding hydrogens is 244 g/mol. The number of rotatable bonds is 3. The first-order chi connectivity index (χ1) is 8.95. The molecule has 1 atom stereocenters. The fourth-order valence-corrected chi connectivity index (χ4v) is 1.81. The van der Waals surface area contributed by atoms with Gasteiger partial charge in [0.25, 0.3) is 0 Å². The van der Waals surface area contributed by atoms with Crippen LogP contribution in [0.2, 0.25) is 0 Å². The molecule has 0 radical (unpaired) electrons. The molecule has 1 aromatic heterocycles. The van der Waals surface area contributed by atoms with Gasteiger partial charge in [-0.2, -0.15) is 15.0 Å². The largest absolute Gasteiger partial charge is 0.369 e. The Hall–Kier alpha value is -2.41. The Bertz CT molecular complexity index is 581. The predicted octanol–water partition coefficient (Wildman–Crippen LogP) is 0.756.